The fourth-order valence-corrected chi connectivity index (χ4v) is 2.35. The van der Waals surface area contributed by atoms with E-state index in [4.69, 9.17) is 5.26 Å². The number of amides is 1. The van der Waals surface area contributed by atoms with Crippen LogP contribution in [0.15, 0.2) is 36.4 Å². The number of hydrogen-bond acceptors (Lipinski definition) is 2. The van der Waals surface area contributed by atoms with Crippen molar-refractivity contribution in [3.8, 4) is 6.07 Å². The largest absolute Gasteiger partial charge is 0.341 e. The second-order valence-electron chi connectivity index (χ2n) is 5.37. The summed E-state index contributed by atoms with van der Waals surface area (Å²) in [4.78, 5) is 12.2. The summed E-state index contributed by atoms with van der Waals surface area (Å²) in [5.74, 6) is 0. The van der Waals surface area contributed by atoms with Gasteiger partial charge in [0, 0.05) is 6.54 Å². The van der Waals surface area contributed by atoms with Crippen LogP contribution in [0.3, 0.4) is 0 Å². The molecule has 0 atom stereocenters. The van der Waals surface area contributed by atoms with E-state index in [1.165, 1.54) is 15.8 Å². The third-order valence-electron chi connectivity index (χ3n) is 3.82. The number of benzene rings is 2. The van der Waals surface area contributed by atoms with Gasteiger partial charge in [0.25, 0.3) is 0 Å². The fourth-order valence-electron chi connectivity index (χ4n) is 2.35. The molecule has 0 radical (unpaired) electrons. The van der Waals surface area contributed by atoms with Gasteiger partial charge in [0.15, 0.2) is 0 Å². The lowest BCUT2D eigenvalue weighted by Gasteiger charge is -2.16. The van der Waals surface area contributed by atoms with Crippen molar-refractivity contribution in [3.05, 3.63) is 58.7 Å². The van der Waals surface area contributed by atoms with Crippen molar-refractivity contribution < 1.29 is 4.79 Å². The van der Waals surface area contributed by atoms with Gasteiger partial charge in [0.2, 0.25) is 0 Å². The highest BCUT2D eigenvalue weighted by atomic mass is 16.2. The normalized spacial score (nSPS) is 10.6. The molecule has 5 nitrogen and oxygen atoms in total. The van der Waals surface area contributed by atoms with Crippen LogP contribution in [0.25, 0.3) is 11.0 Å². The number of aromatic nitrogens is 2. The van der Waals surface area contributed by atoms with Gasteiger partial charge in [-0.3, -0.25) is 5.10 Å². The highest BCUT2D eigenvalue weighted by molar-refractivity contribution is 5.91. The van der Waals surface area contributed by atoms with Gasteiger partial charge in [-0.05, 0) is 48.7 Å². The molecule has 0 unspecified atom stereocenters. The van der Waals surface area contributed by atoms with E-state index in [9.17, 15) is 4.79 Å². The molecule has 2 aromatic carbocycles. The van der Waals surface area contributed by atoms with Crippen molar-refractivity contribution in [1.82, 2.24) is 15.1 Å². The van der Waals surface area contributed by atoms with Crippen LogP contribution >= 0.6 is 0 Å². The zero-order chi connectivity index (χ0) is 15.7. The summed E-state index contributed by atoms with van der Waals surface area (Å²) in [6, 6.07) is 13.2. The van der Waals surface area contributed by atoms with Crippen LogP contribution in [-0.4, -0.2) is 15.8 Å². The Hall–Kier alpha value is -3.00. The average molecular weight is 292 g/mol. The zero-order valence-electron chi connectivity index (χ0n) is 12.5. The molecular weight excluding hydrogens is 276 g/mol. The topological polar surface area (TPSA) is 73.6 Å². The molecule has 0 fully saturated rings. The molecule has 0 spiro atoms. The molecular formula is C17H16N4O. The number of aryl methyl sites for hydroxylation is 2. The lowest BCUT2D eigenvalue weighted by Crippen LogP contribution is -2.32. The first-order valence-corrected chi connectivity index (χ1v) is 7.03. The van der Waals surface area contributed by atoms with Crippen LogP contribution in [0.4, 0.5) is 4.79 Å². The molecule has 3 aromatic rings. The van der Waals surface area contributed by atoms with Crippen molar-refractivity contribution in [2.75, 3.05) is 0 Å². The van der Waals surface area contributed by atoms with Gasteiger partial charge in [-0.1, -0.05) is 18.2 Å². The predicted molar refractivity (Wildman–Crippen MR) is 84.6 cm³/mol. The Morgan fingerprint density at radius 1 is 1.23 bits per heavy atom. The molecule has 1 amide bonds. The Morgan fingerprint density at radius 3 is 2.73 bits per heavy atom. The number of hydrogen-bond donors (Lipinski definition) is 2. The van der Waals surface area contributed by atoms with Gasteiger partial charge >= 0.3 is 6.03 Å². The molecule has 1 heterocycles. The molecule has 0 aliphatic heterocycles. The highest BCUT2D eigenvalue weighted by Gasteiger charge is 2.12. The molecule has 22 heavy (non-hydrogen) atoms. The van der Waals surface area contributed by atoms with E-state index in [1.807, 2.05) is 6.07 Å². The number of H-pyrrole nitrogens is 1. The summed E-state index contributed by atoms with van der Waals surface area (Å²) in [7, 11) is 0. The van der Waals surface area contributed by atoms with Crippen LogP contribution in [-0.2, 0) is 6.54 Å². The average Bonchev–Trinajstić information content (AvgIpc) is 2.49. The van der Waals surface area contributed by atoms with Crippen molar-refractivity contribution in [3.63, 3.8) is 0 Å². The quantitative estimate of drug-likeness (QED) is 0.761. The van der Waals surface area contributed by atoms with Gasteiger partial charge in [0.05, 0.1) is 22.7 Å². The third-order valence-corrected chi connectivity index (χ3v) is 3.82. The van der Waals surface area contributed by atoms with E-state index in [0.29, 0.717) is 12.1 Å². The Kier molecular flexibility index (Phi) is 3.43. The van der Waals surface area contributed by atoms with Gasteiger partial charge in [-0.15, -0.1) is 0 Å². The summed E-state index contributed by atoms with van der Waals surface area (Å²) in [6.07, 6.45) is 0. The number of aromatic amines is 1. The van der Waals surface area contributed by atoms with E-state index in [0.717, 1.165) is 16.6 Å². The number of nitrogens with zero attached hydrogens (tertiary/aromatic N) is 2. The van der Waals surface area contributed by atoms with Gasteiger partial charge in [0.1, 0.15) is 0 Å². The smallest absolute Gasteiger partial charge is 0.332 e. The molecule has 5 heteroatoms. The van der Waals surface area contributed by atoms with E-state index in [1.54, 1.807) is 18.2 Å². The van der Waals surface area contributed by atoms with E-state index >= 15 is 0 Å². The van der Waals surface area contributed by atoms with E-state index < -0.39 is 0 Å². The molecule has 0 bridgehead atoms. The first kappa shape index (κ1) is 14.0. The van der Waals surface area contributed by atoms with E-state index in [2.05, 4.69) is 42.5 Å². The van der Waals surface area contributed by atoms with Crippen molar-refractivity contribution >= 4 is 17.1 Å². The van der Waals surface area contributed by atoms with Crippen LogP contribution < -0.4 is 5.32 Å². The minimum atomic E-state index is -0.213. The maximum absolute atomic E-state index is 12.2. The van der Waals surface area contributed by atoms with Gasteiger partial charge in [-0.25, -0.2) is 9.48 Å². The SMILES string of the molecule is Cc1ccc(CNC(=O)n2[nH]c3cc(C#N)ccc32)cc1C. The second-order valence-corrected chi connectivity index (χ2v) is 5.37. The number of rotatable bonds is 2. The molecule has 0 aliphatic rings. The third kappa shape index (κ3) is 2.47. The predicted octanol–water partition coefficient (Wildman–Crippen LogP) is 3.22. The molecule has 110 valence electrons. The maximum Gasteiger partial charge on any atom is 0.341 e. The highest BCUT2D eigenvalue weighted by Crippen LogP contribution is 2.16. The van der Waals surface area contributed by atoms with Crippen molar-refractivity contribution in [1.29, 1.82) is 5.26 Å². The zero-order valence-corrected chi connectivity index (χ0v) is 12.5. The van der Waals surface area contributed by atoms with Crippen LogP contribution in [0, 0.1) is 25.2 Å². The molecule has 0 aliphatic carbocycles. The molecule has 1 aromatic heterocycles. The van der Waals surface area contributed by atoms with Crippen LogP contribution in [0.1, 0.15) is 22.3 Å². The van der Waals surface area contributed by atoms with Gasteiger partial charge in [-0.2, -0.15) is 5.26 Å². The summed E-state index contributed by atoms with van der Waals surface area (Å²) < 4.78 is 1.44. The first-order valence-electron chi connectivity index (χ1n) is 7.03. The summed E-state index contributed by atoms with van der Waals surface area (Å²) >= 11 is 0. The first-order chi connectivity index (χ1) is 10.6. The van der Waals surface area contributed by atoms with Gasteiger partial charge < -0.3 is 5.32 Å². The maximum atomic E-state index is 12.2. The van der Waals surface area contributed by atoms with Crippen molar-refractivity contribution in [2.24, 2.45) is 0 Å². The van der Waals surface area contributed by atoms with Crippen LogP contribution in [0.5, 0.6) is 0 Å². The minimum Gasteiger partial charge on any atom is -0.332 e. The monoisotopic (exact) mass is 292 g/mol. The number of fused-ring (bicyclic) bond motifs is 1. The summed E-state index contributed by atoms with van der Waals surface area (Å²) in [6.45, 7) is 4.60. The number of carbonyl (C=O) groups is 1. The molecule has 0 saturated carbocycles. The second kappa shape index (κ2) is 5.41. The van der Waals surface area contributed by atoms with Crippen molar-refractivity contribution in [2.45, 2.75) is 20.4 Å². The number of carbonyl (C=O) groups excluding carboxylic acids is 1. The Morgan fingerprint density at radius 2 is 2.05 bits per heavy atom. The summed E-state index contributed by atoms with van der Waals surface area (Å²) in [5, 5.41) is 14.6. The summed E-state index contributed by atoms with van der Waals surface area (Å²) in [5.41, 5.74) is 5.65. The standard InChI is InChI=1S/C17H16N4O/c1-11-3-4-14(7-12(11)2)10-19-17(22)21-16-6-5-13(9-18)8-15(16)20-21/h3-8,20H,10H2,1-2H3,(H,19,22). The fraction of sp³-hybridized carbons (Fsp3) is 0.176. The lowest BCUT2D eigenvalue weighted by molar-refractivity contribution is 0.239. The molecule has 2 N–H and O–H groups in total. The molecule has 0 saturated heterocycles. The van der Waals surface area contributed by atoms with E-state index in [-0.39, 0.29) is 6.03 Å². The Balaban J connectivity index is 1.71. The number of nitriles is 1. The van der Waals surface area contributed by atoms with Crippen LogP contribution in [0.2, 0.25) is 0 Å². The Labute approximate surface area is 128 Å². The number of nitrogens with one attached hydrogen (secondary N) is 2. The molecule has 3 rings (SSSR count). The lowest BCUT2D eigenvalue weighted by atomic mass is 10.1. The Bertz CT molecular complexity index is 895. The minimum absolute atomic E-state index is 0.213.